The monoisotopic (exact) mass is 377 g/mol. The van der Waals surface area contributed by atoms with Gasteiger partial charge in [0, 0.05) is 29.4 Å². The lowest BCUT2D eigenvalue weighted by atomic mass is 9.81. The molecule has 0 N–H and O–H groups in total. The van der Waals surface area contributed by atoms with Gasteiger partial charge in [-0.2, -0.15) is 0 Å². The molecule has 1 heteroatoms. The molecule has 3 aromatic rings. The number of aromatic nitrogens is 1. The number of hydrogen-bond acceptors (Lipinski definition) is 0. The highest BCUT2D eigenvalue weighted by molar-refractivity contribution is 5.81. The molecule has 0 radical (unpaired) electrons. The van der Waals surface area contributed by atoms with Crippen LogP contribution in [0.15, 0.2) is 48.5 Å². The second kappa shape index (κ2) is 5.86. The van der Waals surface area contributed by atoms with Crippen LogP contribution < -0.4 is 10.6 Å². The Kier molecular flexibility index (Phi) is 3.45. The molecule has 0 aliphatic heterocycles. The van der Waals surface area contributed by atoms with E-state index in [9.17, 15) is 0 Å². The van der Waals surface area contributed by atoms with Gasteiger partial charge in [0.05, 0.1) is 0 Å². The zero-order valence-corrected chi connectivity index (χ0v) is 17.5. The molecule has 1 aromatic heterocycles. The van der Waals surface area contributed by atoms with Gasteiger partial charge >= 0.3 is 0 Å². The predicted octanol–water partition coefficient (Wildman–Crippen LogP) is 5.04. The third-order valence-electron chi connectivity index (χ3n) is 7.44. The van der Waals surface area contributed by atoms with Gasteiger partial charge in [-0.3, -0.25) is 0 Å². The number of allylic oxidation sites excluding steroid dienone is 1. The van der Waals surface area contributed by atoms with Crippen molar-refractivity contribution in [1.82, 2.24) is 4.57 Å². The summed E-state index contributed by atoms with van der Waals surface area (Å²) in [6.45, 7) is 4.71. The zero-order valence-electron chi connectivity index (χ0n) is 17.5. The number of benzene rings is 2. The van der Waals surface area contributed by atoms with E-state index in [1.807, 2.05) is 0 Å². The summed E-state index contributed by atoms with van der Waals surface area (Å²) in [5.41, 5.74) is 10.2. The van der Waals surface area contributed by atoms with Crippen LogP contribution in [0.25, 0.3) is 29.4 Å². The van der Waals surface area contributed by atoms with E-state index in [0.29, 0.717) is 5.92 Å². The van der Waals surface area contributed by atoms with Gasteiger partial charge in [-0.05, 0) is 63.9 Å². The van der Waals surface area contributed by atoms with E-state index in [-0.39, 0.29) is 5.41 Å². The van der Waals surface area contributed by atoms with Gasteiger partial charge in [-0.25, -0.2) is 0 Å². The minimum absolute atomic E-state index is 0.0882. The molecule has 1 nitrogen and oxygen atoms in total. The third kappa shape index (κ3) is 2.28. The highest BCUT2D eigenvalue weighted by Crippen LogP contribution is 2.49. The molecule has 0 saturated carbocycles. The van der Waals surface area contributed by atoms with Gasteiger partial charge < -0.3 is 4.57 Å². The lowest BCUT2D eigenvalue weighted by Gasteiger charge is -2.22. The van der Waals surface area contributed by atoms with Crippen molar-refractivity contribution < 1.29 is 0 Å². The van der Waals surface area contributed by atoms with Crippen molar-refractivity contribution in [2.45, 2.75) is 44.4 Å². The number of rotatable bonds is 1. The lowest BCUT2D eigenvalue weighted by molar-refractivity contribution is 0.660. The van der Waals surface area contributed by atoms with Gasteiger partial charge in [0.1, 0.15) is 0 Å². The van der Waals surface area contributed by atoms with Gasteiger partial charge in [-0.15, -0.1) is 0 Å². The lowest BCUT2D eigenvalue weighted by Crippen LogP contribution is -2.32. The topological polar surface area (TPSA) is 4.93 Å². The van der Waals surface area contributed by atoms with Crippen molar-refractivity contribution in [2.24, 2.45) is 7.05 Å². The molecule has 1 heterocycles. The van der Waals surface area contributed by atoms with E-state index >= 15 is 0 Å². The van der Waals surface area contributed by atoms with Crippen molar-refractivity contribution in [3.05, 3.63) is 87.1 Å². The fourth-order valence-corrected chi connectivity index (χ4v) is 5.84. The molecule has 29 heavy (non-hydrogen) atoms. The van der Waals surface area contributed by atoms with Crippen LogP contribution >= 0.6 is 0 Å². The van der Waals surface area contributed by atoms with Gasteiger partial charge in [0.2, 0.25) is 0 Å². The van der Waals surface area contributed by atoms with Gasteiger partial charge in [-0.1, -0.05) is 74.5 Å². The normalized spacial score (nSPS) is 20.2. The maximum absolute atomic E-state index is 2.54. The molecule has 0 spiro atoms. The van der Waals surface area contributed by atoms with E-state index in [1.54, 1.807) is 5.56 Å². The first kappa shape index (κ1) is 17.1. The van der Waals surface area contributed by atoms with Crippen molar-refractivity contribution in [3.8, 4) is 11.1 Å². The van der Waals surface area contributed by atoms with E-state index in [0.717, 1.165) is 19.3 Å². The summed E-state index contributed by atoms with van der Waals surface area (Å²) in [6.07, 6.45) is 13.0. The summed E-state index contributed by atoms with van der Waals surface area (Å²) >= 11 is 0. The summed E-state index contributed by atoms with van der Waals surface area (Å²) in [6, 6.07) is 16.2. The van der Waals surface area contributed by atoms with E-state index in [2.05, 4.69) is 92.2 Å². The number of fused-ring (bicyclic) bond motifs is 6. The van der Waals surface area contributed by atoms with E-state index in [4.69, 9.17) is 0 Å². The maximum Gasteiger partial charge on any atom is 0.0444 e. The van der Waals surface area contributed by atoms with Crippen LogP contribution in [0.5, 0.6) is 0 Å². The highest BCUT2D eigenvalue weighted by atomic mass is 14.9. The summed E-state index contributed by atoms with van der Waals surface area (Å²) in [5, 5.41) is 2.88. The third-order valence-corrected chi connectivity index (χ3v) is 7.44. The zero-order chi connectivity index (χ0) is 19.8. The predicted molar refractivity (Wildman–Crippen MR) is 122 cm³/mol. The van der Waals surface area contributed by atoms with Gasteiger partial charge in [0.25, 0.3) is 0 Å². The van der Waals surface area contributed by atoms with Crippen LogP contribution in [-0.4, -0.2) is 4.57 Å². The minimum Gasteiger partial charge on any atom is -0.344 e. The highest BCUT2D eigenvalue weighted by Gasteiger charge is 2.35. The SMILES string of the molecule is Cn1c2c(c3c1=CCC(c1ccc4c(c1)-c1ccccc1C4(C)C)C=3)CCC=C2. The van der Waals surface area contributed by atoms with Crippen molar-refractivity contribution >= 4 is 18.2 Å². The van der Waals surface area contributed by atoms with Crippen molar-refractivity contribution in [1.29, 1.82) is 0 Å². The van der Waals surface area contributed by atoms with Gasteiger partial charge in [0.15, 0.2) is 0 Å². The largest absolute Gasteiger partial charge is 0.344 e. The average Bonchev–Trinajstić information content (AvgIpc) is 3.17. The molecule has 1 unspecified atom stereocenters. The minimum atomic E-state index is 0.0882. The molecule has 3 aliphatic carbocycles. The maximum atomic E-state index is 2.54. The Hall–Kier alpha value is -2.80. The number of hydrogen-bond donors (Lipinski definition) is 0. The molecule has 0 amide bonds. The Balaban J connectivity index is 1.50. The average molecular weight is 378 g/mol. The van der Waals surface area contributed by atoms with Crippen LogP contribution in [-0.2, 0) is 18.9 Å². The van der Waals surface area contributed by atoms with E-state index < -0.39 is 0 Å². The molecule has 3 aliphatic rings. The first-order valence-corrected chi connectivity index (χ1v) is 10.9. The molecule has 2 aromatic carbocycles. The Labute approximate surface area is 172 Å². The Morgan fingerprint density at radius 2 is 1.83 bits per heavy atom. The Morgan fingerprint density at radius 1 is 1.00 bits per heavy atom. The Morgan fingerprint density at radius 3 is 2.72 bits per heavy atom. The molecule has 0 bridgehead atoms. The molecule has 0 saturated heterocycles. The second-order valence-corrected chi connectivity index (χ2v) is 9.35. The van der Waals surface area contributed by atoms with Crippen LogP contribution in [0.1, 0.15) is 60.6 Å². The summed E-state index contributed by atoms with van der Waals surface area (Å²) in [5.74, 6) is 0.459. The number of nitrogens with zero attached hydrogens (tertiary/aromatic N) is 1. The molecule has 1 atom stereocenters. The molecular weight excluding hydrogens is 350 g/mol. The summed E-state index contributed by atoms with van der Waals surface area (Å²) in [7, 11) is 2.21. The molecule has 0 fully saturated rings. The first-order valence-electron chi connectivity index (χ1n) is 10.9. The fourth-order valence-electron chi connectivity index (χ4n) is 5.84. The quantitative estimate of drug-likeness (QED) is 0.560. The Bertz CT molecular complexity index is 1310. The van der Waals surface area contributed by atoms with Crippen LogP contribution in [0.3, 0.4) is 0 Å². The molecule has 144 valence electrons. The summed E-state index contributed by atoms with van der Waals surface area (Å²) in [4.78, 5) is 0. The molecule has 6 rings (SSSR count). The van der Waals surface area contributed by atoms with Crippen LogP contribution in [0.2, 0.25) is 0 Å². The first-order chi connectivity index (χ1) is 14.1. The van der Waals surface area contributed by atoms with Crippen molar-refractivity contribution in [2.75, 3.05) is 0 Å². The van der Waals surface area contributed by atoms with Crippen LogP contribution in [0.4, 0.5) is 0 Å². The summed E-state index contributed by atoms with van der Waals surface area (Å²) < 4.78 is 2.38. The standard InChI is InChI=1S/C28H27N/c1-28(2)24-10-6-4-8-20(24)22-16-18(12-14-25(22)28)19-13-15-27-23(17-19)21-9-5-7-11-26(21)29(27)3/h4,6-8,10-12,14-17,19H,5,9,13H2,1-3H3. The van der Waals surface area contributed by atoms with Crippen LogP contribution in [0, 0.1) is 0 Å². The smallest absolute Gasteiger partial charge is 0.0444 e. The fraction of sp³-hybridized carbons (Fsp3) is 0.286. The van der Waals surface area contributed by atoms with E-state index in [1.165, 1.54) is 44.1 Å². The second-order valence-electron chi connectivity index (χ2n) is 9.35. The van der Waals surface area contributed by atoms with Crippen molar-refractivity contribution in [3.63, 3.8) is 0 Å². The molecular formula is C28H27N.